The van der Waals surface area contributed by atoms with Crippen molar-refractivity contribution >= 4 is 22.4 Å². The lowest BCUT2D eigenvalue weighted by Gasteiger charge is -2.20. The molecule has 2 aromatic heterocycles. The Bertz CT molecular complexity index is 870. The van der Waals surface area contributed by atoms with E-state index in [0.29, 0.717) is 28.3 Å². The number of hydrogen-bond acceptors (Lipinski definition) is 4. The molecule has 0 spiro atoms. The minimum Gasteiger partial charge on any atom is -0.619 e. The van der Waals surface area contributed by atoms with E-state index in [4.69, 9.17) is 0 Å². The third-order valence-corrected chi connectivity index (χ3v) is 5.58. The second-order valence-electron chi connectivity index (χ2n) is 6.42. The van der Waals surface area contributed by atoms with Crippen molar-refractivity contribution in [2.24, 2.45) is 0 Å². The Morgan fingerprint density at radius 1 is 1.38 bits per heavy atom. The maximum absolute atomic E-state index is 12.6. The zero-order chi connectivity index (χ0) is 21.6. The van der Waals surface area contributed by atoms with Crippen molar-refractivity contribution in [3.63, 3.8) is 0 Å². The van der Waals surface area contributed by atoms with Gasteiger partial charge in [0.15, 0.2) is 6.20 Å². The minimum atomic E-state index is -4.26. The molecule has 1 amide bonds. The van der Waals surface area contributed by atoms with Crippen LogP contribution in [-0.4, -0.2) is 44.1 Å². The number of anilines is 1. The molecule has 11 heteroatoms. The van der Waals surface area contributed by atoms with E-state index in [1.165, 1.54) is 22.0 Å². The highest BCUT2D eigenvalue weighted by Gasteiger charge is 2.26. The van der Waals surface area contributed by atoms with Gasteiger partial charge in [0, 0.05) is 47.8 Å². The van der Waals surface area contributed by atoms with Gasteiger partial charge in [-0.05, 0) is 26.3 Å². The predicted molar refractivity (Wildman–Crippen MR) is 103 cm³/mol. The largest absolute Gasteiger partial charge is 0.619 e. The summed E-state index contributed by atoms with van der Waals surface area (Å²) in [5.41, 5.74) is 1.67. The van der Waals surface area contributed by atoms with Crippen molar-refractivity contribution in [2.75, 3.05) is 23.0 Å². The first-order valence-electron chi connectivity index (χ1n) is 9.08. The van der Waals surface area contributed by atoms with Crippen LogP contribution in [0.4, 0.5) is 18.9 Å². The summed E-state index contributed by atoms with van der Waals surface area (Å²) in [4.78, 5) is 14.1. The summed E-state index contributed by atoms with van der Waals surface area (Å²) in [5.74, 6) is -0.361. The maximum Gasteiger partial charge on any atom is 0.389 e. The Hall–Kier alpha value is -2.43. The summed E-state index contributed by atoms with van der Waals surface area (Å²) in [6.45, 7) is 3.86. The number of hydrogen-bond donors (Lipinski definition) is 0. The van der Waals surface area contributed by atoms with E-state index < -0.39 is 23.4 Å². The molecule has 2 heterocycles. The molecule has 0 aliphatic carbocycles. The molecule has 0 saturated heterocycles. The number of aromatic nitrogens is 3. The van der Waals surface area contributed by atoms with E-state index in [0.717, 1.165) is 0 Å². The molecule has 0 saturated carbocycles. The zero-order valence-electron chi connectivity index (χ0n) is 16.2. The van der Waals surface area contributed by atoms with Crippen molar-refractivity contribution in [1.82, 2.24) is 9.78 Å². The zero-order valence-corrected chi connectivity index (χ0v) is 17.0. The van der Waals surface area contributed by atoms with Crippen LogP contribution >= 0.6 is 0 Å². The Balaban J connectivity index is 2.00. The summed E-state index contributed by atoms with van der Waals surface area (Å²) in [6.07, 6.45) is -1.18. The highest BCUT2D eigenvalue weighted by molar-refractivity contribution is 7.84. The molecule has 0 radical (unpaired) electrons. The highest BCUT2D eigenvalue weighted by atomic mass is 32.2. The van der Waals surface area contributed by atoms with Crippen LogP contribution in [0.15, 0.2) is 30.7 Å². The highest BCUT2D eigenvalue weighted by Crippen LogP contribution is 2.23. The number of nitrogens with zero attached hydrogens (tertiary/aromatic N) is 4. The van der Waals surface area contributed by atoms with Gasteiger partial charge in [0.2, 0.25) is 12.1 Å². The summed E-state index contributed by atoms with van der Waals surface area (Å²) < 4.78 is 50.5. The van der Waals surface area contributed by atoms with Gasteiger partial charge in [-0.3, -0.25) is 9.00 Å². The fourth-order valence-corrected chi connectivity index (χ4v) is 3.85. The quantitative estimate of drug-likeness (QED) is 0.451. The number of pyridine rings is 1. The molecule has 2 aromatic rings. The number of amides is 1. The van der Waals surface area contributed by atoms with Crippen LogP contribution in [0.5, 0.6) is 0 Å². The van der Waals surface area contributed by atoms with Gasteiger partial charge in [-0.15, -0.1) is 0 Å². The minimum absolute atomic E-state index is 0.00917. The molecule has 0 aromatic carbocycles. The standard InChI is InChI=1S/C18H23F3N4O3S/c1-3-24(17(26)7-11-29(28)10-5-8-18(19,20)21)16-13-25(22-14(16)2)15-6-4-9-23(27)12-15/h4,6,9,12-13H,3,5,7-8,10-11H2,1-2H3. The third-order valence-electron chi connectivity index (χ3n) is 4.18. The number of aryl methyl sites for hydroxylation is 1. The molecule has 2 rings (SSSR count). The molecule has 7 nitrogen and oxygen atoms in total. The lowest BCUT2D eigenvalue weighted by atomic mass is 10.3. The lowest BCUT2D eigenvalue weighted by Crippen LogP contribution is -2.32. The molecule has 160 valence electrons. The Kier molecular flexibility index (Phi) is 7.77. The summed E-state index contributed by atoms with van der Waals surface area (Å²) in [6, 6.07) is 3.28. The van der Waals surface area contributed by atoms with Crippen molar-refractivity contribution in [3.05, 3.63) is 41.6 Å². The fraction of sp³-hybridized carbons (Fsp3) is 0.500. The molecular weight excluding hydrogens is 409 g/mol. The summed E-state index contributed by atoms with van der Waals surface area (Å²) in [5, 5.41) is 15.8. The molecule has 0 aliphatic heterocycles. The molecular formula is C18H23F3N4O3S. The topological polar surface area (TPSA) is 82.1 Å². The molecule has 1 unspecified atom stereocenters. The molecule has 0 bridgehead atoms. The first-order valence-corrected chi connectivity index (χ1v) is 10.6. The monoisotopic (exact) mass is 432 g/mol. The van der Waals surface area contributed by atoms with Gasteiger partial charge >= 0.3 is 6.18 Å². The van der Waals surface area contributed by atoms with Gasteiger partial charge in [0.1, 0.15) is 5.69 Å². The van der Waals surface area contributed by atoms with E-state index in [1.54, 1.807) is 32.2 Å². The molecule has 0 aliphatic rings. The molecule has 0 N–H and O–H groups in total. The molecule has 29 heavy (non-hydrogen) atoms. The van der Waals surface area contributed by atoms with Crippen molar-refractivity contribution < 1.29 is 26.9 Å². The van der Waals surface area contributed by atoms with Gasteiger partial charge in [0.25, 0.3) is 0 Å². The number of alkyl halides is 3. The van der Waals surface area contributed by atoms with Gasteiger partial charge in [0.05, 0.1) is 17.6 Å². The van der Waals surface area contributed by atoms with Crippen molar-refractivity contribution in [1.29, 1.82) is 0 Å². The van der Waals surface area contributed by atoms with E-state index in [9.17, 15) is 27.4 Å². The van der Waals surface area contributed by atoms with E-state index in [2.05, 4.69) is 5.10 Å². The summed E-state index contributed by atoms with van der Waals surface area (Å²) in [7, 11) is -1.49. The van der Waals surface area contributed by atoms with Crippen molar-refractivity contribution in [3.8, 4) is 5.69 Å². The SMILES string of the molecule is CCN(C(=O)CCS(=O)CCCC(F)(F)F)c1cn(-c2ccc[n+]([O-])c2)nc1C. The second kappa shape index (κ2) is 9.86. The van der Waals surface area contributed by atoms with Gasteiger partial charge in [-0.1, -0.05) is 0 Å². The molecule has 0 fully saturated rings. The Morgan fingerprint density at radius 3 is 2.72 bits per heavy atom. The van der Waals surface area contributed by atoms with Crippen LogP contribution in [0.3, 0.4) is 0 Å². The van der Waals surface area contributed by atoms with Gasteiger partial charge < -0.3 is 10.1 Å². The van der Waals surface area contributed by atoms with Crippen LogP contribution < -0.4 is 9.63 Å². The number of carbonyl (C=O) groups excluding carboxylic acids is 1. The second-order valence-corrected chi connectivity index (χ2v) is 8.12. The van der Waals surface area contributed by atoms with Crippen LogP contribution in [0.2, 0.25) is 0 Å². The van der Waals surface area contributed by atoms with Crippen LogP contribution in [0, 0.1) is 12.1 Å². The number of carbonyl (C=O) groups is 1. The van der Waals surface area contributed by atoms with E-state index >= 15 is 0 Å². The lowest BCUT2D eigenvalue weighted by molar-refractivity contribution is -0.605. The van der Waals surface area contributed by atoms with E-state index in [1.807, 2.05) is 0 Å². The first kappa shape index (κ1) is 22.9. The Labute approximate surface area is 169 Å². The van der Waals surface area contributed by atoms with Crippen LogP contribution in [0.1, 0.15) is 31.9 Å². The average Bonchev–Trinajstić information content (AvgIpc) is 3.01. The normalized spacial score (nSPS) is 12.7. The van der Waals surface area contributed by atoms with E-state index in [-0.39, 0.29) is 30.3 Å². The van der Waals surface area contributed by atoms with Crippen LogP contribution in [-0.2, 0) is 15.6 Å². The average molecular weight is 432 g/mol. The van der Waals surface area contributed by atoms with Gasteiger partial charge in [-0.2, -0.15) is 23.0 Å². The molecule has 1 atom stereocenters. The van der Waals surface area contributed by atoms with Gasteiger partial charge in [-0.25, -0.2) is 4.68 Å². The smallest absolute Gasteiger partial charge is 0.389 e. The van der Waals surface area contributed by atoms with Crippen LogP contribution in [0.25, 0.3) is 5.69 Å². The first-order chi connectivity index (χ1) is 13.6. The maximum atomic E-state index is 12.6. The number of rotatable bonds is 9. The third kappa shape index (κ3) is 6.84. The summed E-state index contributed by atoms with van der Waals surface area (Å²) >= 11 is 0. The van der Waals surface area contributed by atoms with Crippen molar-refractivity contribution in [2.45, 2.75) is 39.3 Å². The number of halogens is 3. The predicted octanol–water partition coefficient (Wildman–Crippen LogP) is 2.65. The Morgan fingerprint density at radius 2 is 2.10 bits per heavy atom. The fourth-order valence-electron chi connectivity index (χ4n) is 2.78.